The fraction of sp³-hybridized carbons (Fsp3) is 0.286. The SMILES string of the molecule is Clc1cc([C@H]2CC[C@H]2c2ccccc2)nc(Cl)n1. The molecule has 0 aliphatic heterocycles. The first-order valence-corrected chi connectivity index (χ1v) is 6.74. The third-order valence-corrected chi connectivity index (χ3v) is 3.93. The molecule has 1 aliphatic carbocycles. The van der Waals surface area contributed by atoms with Gasteiger partial charge in [0.15, 0.2) is 0 Å². The van der Waals surface area contributed by atoms with Crippen LogP contribution in [0.3, 0.4) is 0 Å². The van der Waals surface area contributed by atoms with Crippen molar-refractivity contribution in [2.45, 2.75) is 24.7 Å². The Hall–Kier alpha value is -1.12. The zero-order valence-corrected chi connectivity index (χ0v) is 11.2. The van der Waals surface area contributed by atoms with Crippen LogP contribution < -0.4 is 0 Å². The van der Waals surface area contributed by atoms with Crippen LogP contribution in [0.25, 0.3) is 0 Å². The maximum absolute atomic E-state index is 5.93. The van der Waals surface area contributed by atoms with Gasteiger partial charge in [0, 0.05) is 5.92 Å². The highest BCUT2D eigenvalue weighted by molar-refractivity contribution is 6.31. The average molecular weight is 279 g/mol. The Morgan fingerprint density at radius 3 is 2.28 bits per heavy atom. The monoisotopic (exact) mass is 278 g/mol. The molecule has 2 aromatic rings. The highest BCUT2D eigenvalue weighted by Gasteiger charge is 2.34. The van der Waals surface area contributed by atoms with Crippen molar-refractivity contribution in [3.8, 4) is 0 Å². The summed E-state index contributed by atoms with van der Waals surface area (Å²) < 4.78 is 0. The van der Waals surface area contributed by atoms with E-state index in [0.717, 1.165) is 12.1 Å². The van der Waals surface area contributed by atoms with E-state index in [1.165, 1.54) is 12.0 Å². The van der Waals surface area contributed by atoms with Crippen LogP contribution in [-0.4, -0.2) is 9.97 Å². The second-order valence-corrected chi connectivity index (χ2v) is 5.31. The minimum absolute atomic E-state index is 0.233. The van der Waals surface area contributed by atoms with E-state index in [1.807, 2.05) is 12.1 Å². The largest absolute Gasteiger partial charge is 0.224 e. The fourth-order valence-electron chi connectivity index (χ4n) is 2.55. The molecule has 0 radical (unpaired) electrons. The third kappa shape index (κ3) is 2.23. The van der Waals surface area contributed by atoms with Gasteiger partial charge in [0.1, 0.15) is 5.15 Å². The Balaban J connectivity index is 1.89. The van der Waals surface area contributed by atoms with Crippen LogP contribution in [0.1, 0.15) is 35.9 Å². The van der Waals surface area contributed by atoms with Gasteiger partial charge < -0.3 is 0 Å². The third-order valence-electron chi connectivity index (χ3n) is 3.57. The molecule has 0 unspecified atom stereocenters. The molecule has 1 fully saturated rings. The van der Waals surface area contributed by atoms with Gasteiger partial charge >= 0.3 is 0 Å². The van der Waals surface area contributed by atoms with E-state index in [1.54, 1.807) is 0 Å². The normalized spacial score (nSPS) is 22.6. The molecule has 0 saturated heterocycles. The summed E-state index contributed by atoms with van der Waals surface area (Å²) in [4.78, 5) is 8.19. The summed E-state index contributed by atoms with van der Waals surface area (Å²) in [6, 6.07) is 12.3. The molecule has 0 spiro atoms. The summed E-state index contributed by atoms with van der Waals surface area (Å²) in [6.07, 6.45) is 2.32. The van der Waals surface area contributed by atoms with E-state index < -0.39 is 0 Å². The molecule has 1 aromatic heterocycles. The molecular formula is C14H12Cl2N2. The van der Waals surface area contributed by atoms with E-state index in [4.69, 9.17) is 23.2 Å². The van der Waals surface area contributed by atoms with E-state index in [9.17, 15) is 0 Å². The van der Waals surface area contributed by atoms with E-state index >= 15 is 0 Å². The van der Waals surface area contributed by atoms with E-state index in [-0.39, 0.29) is 5.28 Å². The lowest BCUT2D eigenvalue weighted by atomic mass is 9.68. The highest BCUT2D eigenvalue weighted by Crippen LogP contribution is 2.48. The summed E-state index contributed by atoms with van der Waals surface area (Å²) in [7, 11) is 0. The average Bonchev–Trinajstić information content (AvgIpc) is 2.27. The minimum atomic E-state index is 0.233. The quantitative estimate of drug-likeness (QED) is 0.599. The lowest BCUT2D eigenvalue weighted by Gasteiger charge is -2.36. The number of hydrogen-bond donors (Lipinski definition) is 0. The summed E-state index contributed by atoms with van der Waals surface area (Å²) in [5.41, 5.74) is 2.32. The van der Waals surface area contributed by atoms with Gasteiger partial charge in [-0.1, -0.05) is 41.9 Å². The maximum Gasteiger partial charge on any atom is 0.224 e. The van der Waals surface area contributed by atoms with E-state index in [0.29, 0.717) is 17.0 Å². The van der Waals surface area contributed by atoms with Crippen molar-refractivity contribution in [3.63, 3.8) is 0 Å². The number of hydrogen-bond acceptors (Lipinski definition) is 2. The molecule has 4 heteroatoms. The Morgan fingerprint density at radius 2 is 1.67 bits per heavy atom. The van der Waals surface area contributed by atoms with Gasteiger partial charge in [-0.15, -0.1) is 0 Å². The van der Waals surface area contributed by atoms with Crippen molar-refractivity contribution < 1.29 is 0 Å². The van der Waals surface area contributed by atoms with Crippen molar-refractivity contribution in [2.24, 2.45) is 0 Å². The summed E-state index contributed by atoms with van der Waals surface area (Å²) >= 11 is 11.8. The number of halogens is 2. The lowest BCUT2D eigenvalue weighted by Crippen LogP contribution is -2.23. The van der Waals surface area contributed by atoms with Crippen LogP contribution in [0.15, 0.2) is 36.4 Å². The van der Waals surface area contributed by atoms with Gasteiger partial charge in [-0.05, 0) is 42.0 Å². The van der Waals surface area contributed by atoms with Crippen molar-refractivity contribution in [1.29, 1.82) is 0 Å². The minimum Gasteiger partial charge on any atom is -0.223 e. The zero-order valence-electron chi connectivity index (χ0n) is 9.68. The Kier molecular flexibility index (Phi) is 3.23. The second-order valence-electron chi connectivity index (χ2n) is 4.59. The smallest absolute Gasteiger partial charge is 0.223 e. The van der Waals surface area contributed by atoms with Crippen LogP contribution in [0.5, 0.6) is 0 Å². The van der Waals surface area contributed by atoms with Crippen LogP contribution in [0, 0.1) is 0 Å². The molecule has 2 atom stereocenters. The van der Waals surface area contributed by atoms with Crippen molar-refractivity contribution in [2.75, 3.05) is 0 Å². The number of aromatic nitrogens is 2. The molecule has 3 rings (SSSR count). The molecule has 1 aromatic carbocycles. The van der Waals surface area contributed by atoms with Gasteiger partial charge in [-0.2, -0.15) is 0 Å². The maximum atomic E-state index is 5.93. The molecule has 2 nitrogen and oxygen atoms in total. The second kappa shape index (κ2) is 4.87. The molecule has 1 heterocycles. The molecule has 92 valence electrons. The van der Waals surface area contributed by atoms with Gasteiger partial charge in [0.25, 0.3) is 0 Å². The molecular weight excluding hydrogens is 267 g/mol. The topological polar surface area (TPSA) is 25.8 Å². The Labute approximate surface area is 116 Å². The molecule has 18 heavy (non-hydrogen) atoms. The van der Waals surface area contributed by atoms with E-state index in [2.05, 4.69) is 34.2 Å². The predicted octanol–water partition coefficient (Wildman–Crippen LogP) is 4.44. The first-order chi connectivity index (χ1) is 8.74. The molecule has 0 amide bonds. The zero-order chi connectivity index (χ0) is 12.5. The van der Waals surface area contributed by atoms with Gasteiger partial charge in [-0.25, -0.2) is 9.97 Å². The van der Waals surface area contributed by atoms with Gasteiger partial charge in [0.05, 0.1) is 5.69 Å². The fourth-order valence-corrected chi connectivity index (χ4v) is 2.97. The van der Waals surface area contributed by atoms with Gasteiger partial charge in [0.2, 0.25) is 5.28 Å². The van der Waals surface area contributed by atoms with Crippen molar-refractivity contribution in [1.82, 2.24) is 9.97 Å². The number of benzene rings is 1. The lowest BCUT2D eigenvalue weighted by molar-refractivity contribution is 0.339. The van der Waals surface area contributed by atoms with Crippen LogP contribution in [0.4, 0.5) is 0 Å². The van der Waals surface area contributed by atoms with Crippen LogP contribution >= 0.6 is 23.2 Å². The Morgan fingerprint density at radius 1 is 0.944 bits per heavy atom. The molecule has 0 N–H and O–H groups in total. The first kappa shape index (κ1) is 11.9. The van der Waals surface area contributed by atoms with Gasteiger partial charge in [-0.3, -0.25) is 0 Å². The molecule has 1 saturated carbocycles. The summed E-state index contributed by atoms with van der Waals surface area (Å²) in [6.45, 7) is 0. The molecule has 1 aliphatic rings. The number of rotatable bonds is 2. The highest BCUT2D eigenvalue weighted by atomic mass is 35.5. The summed E-state index contributed by atoms with van der Waals surface area (Å²) in [5, 5.41) is 0.653. The molecule has 0 bridgehead atoms. The first-order valence-electron chi connectivity index (χ1n) is 5.99. The standard InChI is InChI=1S/C14H12Cl2N2/c15-13-8-12(17-14(16)18-13)11-7-6-10(11)9-4-2-1-3-5-9/h1-5,8,10-11H,6-7H2/t10-,11-/m0/s1. The van der Waals surface area contributed by atoms with Crippen LogP contribution in [-0.2, 0) is 0 Å². The summed E-state index contributed by atoms with van der Waals surface area (Å²) in [5.74, 6) is 0.929. The Bertz CT molecular complexity index is 537. The van der Waals surface area contributed by atoms with Crippen molar-refractivity contribution in [3.05, 3.63) is 58.1 Å². The van der Waals surface area contributed by atoms with Crippen molar-refractivity contribution >= 4 is 23.2 Å². The predicted molar refractivity (Wildman–Crippen MR) is 73.2 cm³/mol. The van der Waals surface area contributed by atoms with Crippen LogP contribution in [0.2, 0.25) is 10.4 Å². The number of nitrogens with zero attached hydrogens (tertiary/aromatic N) is 2.